The molecule has 3 atom stereocenters. The lowest BCUT2D eigenvalue weighted by atomic mass is 10.0. The monoisotopic (exact) mass is 397 g/mol. The van der Waals surface area contributed by atoms with Crippen molar-refractivity contribution in [2.75, 3.05) is 18.5 Å². The van der Waals surface area contributed by atoms with Crippen LogP contribution in [-0.4, -0.2) is 41.8 Å². The molecule has 3 rings (SSSR count). The van der Waals surface area contributed by atoms with Gasteiger partial charge in [-0.3, -0.25) is 4.79 Å². The highest BCUT2D eigenvalue weighted by Crippen LogP contribution is 2.26. The predicted molar refractivity (Wildman–Crippen MR) is 115 cm³/mol. The number of anilines is 1. The van der Waals surface area contributed by atoms with Gasteiger partial charge in [-0.25, -0.2) is 0 Å². The van der Waals surface area contributed by atoms with E-state index in [0.717, 1.165) is 25.7 Å². The summed E-state index contributed by atoms with van der Waals surface area (Å²) in [5, 5.41) is 23.8. The van der Waals surface area contributed by atoms with Gasteiger partial charge in [-0.15, -0.1) is 0 Å². The van der Waals surface area contributed by atoms with Gasteiger partial charge in [0.25, 0.3) is 5.91 Å². The van der Waals surface area contributed by atoms with Crippen molar-refractivity contribution in [2.24, 2.45) is 5.73 Å². The van der Waals surface area contributed by atoms with Gasteiger partial charge in [0, 0.05) is 31.4 Å². The molecule has 1 aliphatic carbocycles. The van der Waals surface area contributed by atoms with Crippen LogP contribution in [0.4, 0.5) is 5.69 Å². The lowest BCUT2D eigenvalue weighted by Gasteiger charge is -2.32. The van der Waals surface area contributed by atoms with E-state index in [9.17, 15) is 15.0 Å². The number of carbonyl (C=O) groups is 1. The first kappa shape index (κ1) is 21.1. The summed E-state index contributed by atoms with van der Waals surface area (Å²) in [6.07, 6.45) is 4.84. The summed E-state index contributed by atoms with van der Waals surface area (Å²) in [6, 6.07) is 15.7. The highest BCUT2D eigenvalue weighted by molar-refractivity contribution is 5.95. The molecule has 5 N–H and O–H groups in total. The molecule has 0 saturated heterocycles. The van der Waals surface area contributed by atoms with Gasteiger partial charge in [0.05, 0.1) is 11.7 Å². The normalized spacial score (nSPS) is 20.6. The maximum Gasteiger partial charge on any atom is 0.252 e. The van der Waals surface area contributed by atoms with E-state index in [1.165, 1.54) is 24.2 Å². The molecular formula is C23H31N3O3. The highest BCUT2D eigenvalue weighted by atomic mass is 16.3. The summed E-state index contributed by atoms with van der Waals surface area (Å²) in [6.45, 7) is 0.384. The Kier molecular flexibility index (Phi) is 7.12. The molecule has 0 radical (unpaired) electrons. The van der Waals surface area contributed by atoms with Crippen molar-refractivity contribution >= 4 is 11.6 Å². The predicted octanol–water partition coefficient (Wildman–Crippen LogP) is 2.95. The fourth-order valence-electron chi connectivity index (χ4n) is 4.10. The Bertz CT molecular complexity index is 812. The molecule has 2 aromatic carbocycles. The van der Waals surface area contributed by atoms with E-state index in [1.54, 1.807) is 6.07 Å². The van der Waals surface area contributed by atoms with Gasteiger partial charge in [0.2, 0.25) is 0 Å². The van der Waals surface area contributed by atoms with Crippen LogP contribution < -0.4 is 16.0 Å². The Morgan fingerprint density at radius 2 is 1.93 bits per heavy atom. The number of carbonyl (C=O) groups excluding carboxylic acids is 1. The molecule has 0 bridgehead atoms. The van der Waals surface area contributed by atoms with Crippen LogP contribution in [0.1, 0.15) is 54.1 Å². The number of rotatable bonds is 7. The third-order valence-electron chi connectivity index (χ3n) is 5.88. The summed E-state index contributed by atoms with van der Waals surface area (Å²) in [4.78, 5) is 13.8. The SMILES string of the molecule is CN(c1ccccc1)C1CCCCC(NCC(O)c2ccc(O)c(C(N)=O)c2)C1. The Hall–Kier alpha value is -2.57. The summed E-state index contributed by atoms with van der Waals surface area (Å²) < 4.78 is 0. The molecule has 0 aromatic heterocycles. The zero-order valence-corrected chi connectivity index (χ0v) is 16.9. The van der Waals surface area contributed by atoms with Crippen LogP contribution in [0.5, 0.6) is 5.75 Å². The third kappa shape index (κ3) is 5.49. The van der Waals surface area contributed by atoms with E-state index in [4.69, 9.17) is 5.73 Å². The quantitative estimate of drug-likeness (QED) is 0.539. The number of aromatic hydroxyl groups is 1. The number of nitrogens with one attached hydrogen (secondary N) is 1. The first-order chi connectivity index (χ1) is 14.0. The van der Waals surface area contributed by atoms with Crippen LogP contribution in [0.2, 0.25) is 0 Å². The van der Waals surface area contributed by atoms with Crippen molar-refractivity contribution in [3.63, 3.8) is 0 Å². The van der Waals surface area contributed by atoms with Crippen LogP contribution in [0.25, 0.3) is 0 Å². The smallest absolute Gasteiger partial charge is 0.252 e. The molecule has 1 fully saturated rings. The maximum atomic E-state index is 11.4. The standard InChI is InChI=1S/C23H31N3O3/c1-26(18-8-3-2-4-9-18)19-10-6-5-7-17(14-19)25-15-22(28)16-11-12-21(27)20(13-16)23(24)29/h2-4,8-9,11-13,17,19,22,25,27-28H,5-7,10,14-15H2,1H3,(H2,24,29). The van der Waals surface area contributed by atoms with Gasteiger partial charge >= 0.3 is 0 Å². The van der Waals surface area contributed by atoms with Gasteiger partial charge in [0.15, 0.2) is 0 Å². The Labute approximate surface area is 172 Å². The molecule has 0 aliphatic heterocycles. The van der Waals surface area contributed by atoms with Gasteiger partial charge in [-0.05, 0) is 49.1 Å². The number of primary amides is 1. The molecule has 6 nitrogen and oxygen atoms in total. The Balaban J connectivity index is 1.60. The van der Waals surface area contributed by atoms with Crippen LogP contribution >= 0.6 is 0 Å². The second-order valence-corrected chi connectivity index (χ2v) is 7.88. The van der Waals surface area contributed by atoms with Crippen molar-refractivity contribution in [1.82, 2.24) is 5.32 Å². The van der Waals surface area contributed by atoms with Crippen molar-refractivity contribution in [3.05, 3.63) is 59.7 Å². The number of aliphatic hydroxyl groups is 1. The van der Waals surface area contributed by atoms with Gasteiger partial charge in [-0.2, -0.15) is 0 Å². The average molecular weight is 398 g/mol. The lowest BCUT2D eigenvalue weighted by molar-refractivity contribution is 0.0997. The third-order valence-corrected chi connectivity index (χ3v) is 5.88. The average Bonchev–Trinajstić information content (AvgIpc) is 2.98. The number of amides is 1. The first-order valence-electron chi connectivity index (χ1n) is 10.3. The van der Waals surface area contributed by atoms with Crippen LogP contribution in [0.3, 0.4) is 0 Å². The molecule has 156 valence electrons. The topological polar surface area (TPSA) is 98.8 Å². The summed E-state index contributed by atoms with van der Waals surface area (Å²) in [7, 11) is 2.15. The summed E-state index contributed by atoms with van der Waals surface area (Å²) >= 11 is 0. The van der Waals surface area contributed by atoms with Gasteiger partial charge in [0.1, 0.15) is 5.75 Å². The van der Waals surface area contributed by atoms with Crippen LogP contribution in [0.15, 0.2) is 48.5 Å². The maximum absolute atomic E-state index is 11.4. The minimum Gasteiger partial charge on any atom is -0.507 e. The van der Waals surface area contributed by atoms with Crippen molar-refractivity contribution in [3.8, 4) is 5.75 Å². The second-order valence-electron chi connectivity index (χ2n) is 7.88. The van der Waals surface area contributed by atoms with E-state index in [0.29, 0.717) is 24.2 Å². The molecule has 1 saturated carbocycles. The molecule has 1 aliphatic rings. The zero-order chi connectivity index (χ0) is 20.8. The number of hydrogen-bond donors (Lipinski definition) is 4. The number of hydrogen-bond acceptors (Lipinski definition) is 5. The lowest BCUT2D eigenvalue weighted by Crippen LogP contribution is -2.39. The van der Waals surface area contributed by atoms with E-state index in [-0.39, 0.29) is 11.3 Å². The van der Waals surface area contributed by atoms with Crippen LogP contribution in [0, 0.1) is 0 Å². The largest absolute Gasteiger partial charge is 0.507 e. The fourth-order valence-corrected chi connectivity index (χ4v) is 4.10. The number of nitrogens with two attached hydrogens (primary N) is 1. The minimum atomic E-state index is -0.776. The summed E-state index contributed by atoms with van der Waals surface area (Å²) in [5.41, 5.74) is 7.10. The second kappa shape index (κ2) is 9.76. The van der Waals surface area contributed by atoms with E-state index in [1.807, 2.05) is 6.07 Å². The van der Waals surface area contributed by atoms with Crippen molar-refractivity contribution in [2.45, 2.75) is 50.3 Å². The minimum absolute atomic E-state index is 0.0283. The molecule has 0 heterocycles. The van der Waals surface area contributed by atoms with Gasteiger partial charge < -0.3 is 26.2 Å². The summed E-state index contributed by atoms with van der Waals surface area (Å²) in [5.74, 6) is -0.878. The molecule has 1 amide bonds. The number of nitrogens with zero attached hydrogens (tertiary/aromatic N) is 1. The van der Waals surface area contributed by atoms with E-state index >= 15 is 0 Å². The Morgan fingerprint density at radius 1 is 1.21 bits per heavy atom. The molecule has 2 aromatic rings. The van der Waals surface area contributed by atoms with Crippen LogP contribution in [-0.2, 0) is 0 Å². The molecule has 3 unspecified atom stereocenters. The first-order valence-corrected chi connectivity index (χ1v) is 10.3. The van der Waals surface area contributed by atoms with Crippen molar-refractivity contribution in [1.29, 1.82) is 0 Å². The van der Waals surface area contributed by atoms with Gasteiger partial charge in [-0.1, -0.05) is 37.1 Å². The molecule has 29 heavy (non-hydrogen) atoms. The molecule has 6 heteroatoms. The van der Waals surface area contributed by atoms with Crippen molar-refractivity contribution < 1.29 is 15.0 Å². The number of aliphatic hydroxyl groups excluding tert-OH is 1. The number of benzene rings is 2. The number of phenols is 1. The molecule has 0 spiro atoms. The number of para-hydroxylation sites is 1. The highest BCUT2D eigenvalue weighted by Gasteiger charge is 2.24. The zero-order valence-electron chi connectivity index (χ0n) is 16.9. The van der Waals surface area contributed by atoms with E-state index in [2.05, 4.69) is 41.5 Å². The fraction of sp³-hybridized carbons (Fsp3) is 0.435. The molecular weight excluding hydrogens is 366 g/mol. The van der Waals surface area contributed by atoms with E-state index < -0.39 is 12.0 Å². The Morgan fingerprint density at radius 3 is 2.66 bits per heavy atom.